The van der Waals surface area contributed by atoms with E-state index in [1.54, 1.807) is 6.07 Å². The molecule has 1 unspecified atom stereocenters. The van der Waals surface area contributed by atoms with Gasteiger partial charge in [0.15, 0.2) is 0 Å². The third-order valence-corrected chi connectivity index (χ3v) is 3.95. The fraction of sp³-hybridized carbons (Fsp3) is 0.294. The molecule has 0 bridgehead atoms. The van der Waals surface area contributed by atoms with Gasteiger partial charge in [-0.15, -0.1) is 0 Å². The molecule has 2 aromatic carbocycles. The van der Waals surface area contributed by atoms with Crippen LogP contribution in [0, 0.1) is 6.92 Å². The zero-order chi connectivity index (χ0) is 15.4. The average Bonchev–Trinajstić information content (AvgIpc) is 2.42. The van der Waals surface area contributed by atoms with Crippen LogP contribution in [0.4, 0.5) is 0 Å². The van der Waals surface area contributed by atoms with Gasteiger partial charge >= 0.3 is 0 Å². The van der Waals surface area contributed by atoms with Gasteiger partial charge < -0.3 is 5.11 Å². The summed E-state index contributed by atoms with van der Waals surface area (Å²) in [5.74, 6) is 0. The van der Waals surface area contributed by atoms with Crippen molar-refractivity contribution in [1.82, 2.24) is 4.90 Å². The van der Waals surface area contributed by atoms with Gasteiger partial charge in [0.25, 0.3) is 0 Å². The molecule has 1 atom stereocenters. The number of halogens is 2. The molecule has 0 saturated carbocycles. The van der Waals surface area contributed by atoms with Crippen LogP contribution >= 0.6 is 23.2 Å². The van der Waals surface area contributed by atoms with Crippen molar-refractivity contribution in [2.24, 2.45) is 0 Å². The van der Waals surface area contributed by atoms with Gasteiger partial charge in [-0.1, -0.05) is 59.1 Å². The van der Waals surface area contributed by atoms with Crippen molar-refractivity contribution < 1.29 is 5.11 Å². The predicted molar refractivity (Wildman–Crippen MR) is 88.9 cm³/mol. The highest BCUT2D eigenvalue weighted by molar-refractivity contribution is 6.35. The fourth-order valence-corrected chi connectivity index (χ4v) is 2.75. The molecular formula is C17H19Cl2NO. The van der Waals surface area contributed by atoms with Crippen LogP contribution < -0.4 is 0 Å². The second-order valence-corrected chi connectivity index (χ2v) is 6.21. The molecule has 21 heavy (non-hydrogen) atoms. The molecule has 0 aliphatic carbocycles. The number of nitrogens with zero attached hydrogens (tertiary/aromatic N) is 1. The fourth-order valence-electron chi connectivity index (χ4n) is 2.28. The predicted octanol–water partition coefficient (Wildman–Crippen LogP) is 4.47. The maximum atomic E-state index is 10.3. The first kappa shape index (κ1) is 16.3. The van der Waals surface area contributed by atoms with Gasteiger partial charge in [0.1, 0.15) is 0 Å². The summed E-state index contributed by atoms with van der Waals surface area (Å²) in [5.41, 5.74) is 3.08. The monoisotopic (exact) mass is 323 g/mol. The molecule has 0 spiro atoms. The zero-order valence-corrected chi connectivity index (χ0v) is 13.7. The Labute approximate surface area is 135 Å². The zero-order valence-electron chi connectivity index (χ0n) is 12.2. The molecule has 2 nitrogen and oxygen atoms in total. The van der Waals surface area contributed by atoms with Crippen molar-refractivity contribution in [2.75, 3.05) is 13.6 Å². The Morgan fingerprint density at radius 3 is 2.57 bits per heavy atom. The van der Waals surface area contributed by atoms with Crippen molar-refractivity contribution in [1.29, 1.82) is 0 Å². The number of aliphatic hydroxyl groups excluding tert-OH is 1. The summed E-state index contributed by atoms with van der Waals surface area (Å²) in [5, 5.41) is 11.6. The second-order valence-electron chi connectivity index (χ2n) is 5.36. The quantitative estimate of drug-likeness (QED) is 0.877. The van der Waals surface area contributed by atoms with Crippen molar-refractivity contribution in [3.05, 3.63) is 69.2 Å². The third kappa shape index (κ3) is 4.72. The van der Waals surface area contributed by atoms with E-state index in [9.17, 15) is 5.11 Å². The van der Waals surface area contributed by atoms with Gasteiger partial charge in [-0.2, -0.15) is 0 Å². The lowest BCUT2D eigenvalue weighted by molar-refractivity contribution is 0.124. The first-order chi connectivity index (χ1) is 9.95. The van der Waals surface area contributed by atoms with E-state index in [4.69, 9.17) is 23.2 Å². The van der Waals surface area contributed by atoms with Gasteiger partial charge in [0, 0.05) is 23.1 Å². The van der Waals surface area contributed by atoms with E-state index in [-0.39, 0.29) is 0 Å². The van der Waals surface area contributed by atoms with Crippen molar-refractivity contribution in [3.8, 4) is 0 Å². The first-order valence-corrected chi connectivity index (χ1v) is 7.58. The SMILES string of the molecule is Cc1cccc(C(O)CN(C)Cc2ccc(Cl)cc2Cl)c1. The molecule has 0 saturated heterocycles. The largest absolute Gasteiger partial charge is 0.387 e. The first-order valence-electron chi connectivity index (χ1n) is 6.83. The van der Waals surface area contributed by atoms with E-state index in [1.807, 2.05) is 55.3 Å². The lowest BCUT2D eigenvalue weighted by atomic mass is 10.1. The smallest absolute Gasteiger partial charge is 0.0917 e. The number of aliphatic hydroxyl groups is 1. The minimum absolute atomic E-state index is 0.513. The van der Waals surface area contributed by atoms with Gasteiger partial charge in [-0.3, -0.25) is 4.90 Å². The van der Waals surface area contributed by atoms with Crippen LogP contribution in [0.1, 0.15) is 22.8 Å². The minimum Gasteiger partial charge on any atom is -0.387 e. The van der Waals surface area contributed by atoms with Crippen molar-refractivity contribution in [3.63, 3.8) is 0 Å². The molecule has 2 aromatic rings. The normalized spacial score (nSPS) is 12.7. The highest BCUT2D eigenvalue weighted by atomic mass is 35.5. The molecule has 1 N–H and O–H groups in total. The van der Waals surface area contributed by atoms with E-state index < -0.39 is 6.10 Å². The van der Waals surface area contributed by atoms with E-state index in [2.05, 4.69) is 0 Å². The maximum Gasteiger partial charge on any atom is 0.0917 e. The summed E-state index contributed by atoms with van der Waals surface area (Å²) in [7, 11) is 1.96. The molecule has 0 aliphatic heterocycles. The highest BCUT2D eigenvalue weighted by Crippen LogP contribution is 2.23. The Morgan fingerprint density at radius 2 is 1.90 bits per heavy atom. The molecule has 2 rings (SSSR count). The standard InChI is InChI=1S/C17H19Cl2NO/c1-12-4-3-5-13(8-12)17(21)11-20(2)10-14-6-7-15(18)9-16(14)19/h3-9,17,21H,10-11H2,1-2H3. The Bertz CT molecular complexity index is 615. The highest BCUT2D eigenvalue weighted by Gasteiger charge is 2.12. The molecule has 0 radical (unpaired) electrons. The Kier molecular flexibility index (Phi) is 5.65. The third-order valence-electron chi connectivity index (χ3n) is 3.37. The Hall–Kier alpha value is -1.06. The number of benzene rings is 2. The number of aryl methyl sites for hydroxylation is 1. The van der Waals surface area contributed by atoms with Crippen LogP contribution in [0.15, 0.2) is 42.5 Å². The summed E-state index contributed by atoms with van der Waals surface area (Å²) in [6, 6.07) is 13.4. The lowest BCUT2D eigenvalue weighted by Gasteiger charge is -2.21. The van der Waals surface area contributed by atoms with E-state index in [0.29, 0.717) is 23.1 Å². The molecule has 112 valence electrons. The summed E-state index contributed by atoms with van der Waals surface area (Å²) in [6.45, 7) is 3.23. The summed E-state index contributed by atoms with van der Waals surface area (Å²) < 4.78 is 0. The average molecular weight is 324 g/mol. The Morgan fingerprint density at radius 1 is 1.14 bits per heavy atom. The number of rotatable bonds is 5. The molecule has 0 aromatic heterocycles. The summed E-state index contributed by atoms with van der Waals surface area (Å²) >= 11 is 12.1. The lowest BCUT2D eigenvalue weighted by Crippen LogP contribution is -2.24. The van der Waals surface area contributed by atoms with E-state index >= 15 is 0 Å². The van der Waals surface area contributed by atoms with Crippen LogP contribution in [-0.4, -0.2) is 23.6 Å². The summed E-state index contributed by atoms with van der Waals surface area (Å²) in [4.78, 5) is 2.04. The van der Waals surface area contributed by atoms with Gasteiger partial charge in [-0.25, -0.2) is 0 Å². The maximum absolute atomic E-state index is 10.3. The van der Waals surface area contributed by atoms with Crippen LogP contribution in [-0.2, 0) is 6.54 Å². The van der Waals surface area contributed by atoms with Gasteiger partial charge in [-0.05, 0) is 37.2 Å². The molecule has 0 heterocycles. The van der Waals surface area contributed by atoms with Crippen LogP contribution in [0.25, 0.3) is 0 Å². The summed E-state index contributed by atoms with van der Waals surface area (Å²) in [6.07, 6.45) is -0.513. The second kappa shape index (κ2) is 7.28. The molecule has 0 fully saturated rings. The van der Waals surface area contributed by atoms with E-state index in [1.165, 1.54) is 0 Å². The molecule has 4 heteroatoms. The molecule has 0 aliphatic rings. The van der Waals surface area contributed by atoms with Crippen molar-refractivity contribution in [2.45, 2.75) is 19.6 Å². The van der Waals surface area contributed by atoms with Crippen LogP contribution in [0.3, 0.4) is 0 Å². The van der Waals surface area contributed by atoms with Crippen molar-refractivity contribution >= 4 is 23.2 Å². The molecule has 0 amide bonds. The number of hydrogen-bond donors (Lipinski definition) is 1. The van der Waals surface area contributed by atoms with Gasteiger partial charge in [0.2, 0.25) is 0 Å². The van der Waals surface area contributed by atoms with E-state index in [0.717, 1.165) is 16.7 Å². The topological polar surface area (TPSA) is 23.5 Å². The number of hydrogen-bond acceptors (Lipinski definition) is 2. The number of likely N-dealkylation sites (N-methyl/N-ethyl adjacent to an activating group) is 1. The Balaban J connectivity index is 1.99. The van der Waals surface area contributed by atoms with Crippen LogP contribution in [0.2, 0.25) is 10.0 Å². The van der Waals surface area contributed by atoms with Crippen LogP contribution in [0.5, 0.6) is 0 Å². The van der Waals surface area contributed by atoms with Gasteiger partial charge in [0.05, 0.1) is 6.10 Å². The molecular weight excluding hydrogens is 305 g/mol. The minimum atomic E-state index is -0.513.